The van der Waals surface area contributed by atoms with Crippen LogP contribution in [0, 0.1) is 0 Å². The van der Waals surface area contributed by atoms with Crippen LogP contribution in [0.25, 0.3) is 0 Å². The predicted molar refractivity (Wildman–Crippen MR) is 56.7 cm³/mol. The smallest absolute Gasteiger partial charge is 0.120 e. The van der Waals surface area contributed by atoms with E-state index in [1.165, 1.54) is 5.56 Å². The van der Waals surface area contributed by atoms with E-state index in [1.807, 2.05) is 24.3 Å². The van der Waals surface area contributed by atoms with E-state index in [2.05, 4.69) is 6.92 Å². The molecule has 1 aromatic carbocycles. The van der Waals surface area contributed by atoms with Gasteiger partial charge in [0.25, 0.3) is 0 Å². The van der Waals surface area contributed by atoms with Crippen molar-refractivity contribution in [3.8, 4) is 5.75 Å². The topological polar surface area (TPSA) is 26.3 Å². The minimum atomic E-state index is 0.346. The molecule has 0 aliphatic carbocycles. The number of carbonyl (C=O) groups excluding carboxylic acids is 1. The third-order valence-electron chi connectivity index (χ3n) is 2.46. The molecule has 0 aliphatic heterocycles. The minimum absolute atomic E-state index is 0.346. The van der Waals surface area contributed by atoms with Crippen molar-refractivity contribution in [3.63, 3.8) is 0 Å². The molecular weight excluding hydrogens is 176 g/mol. The molecule has 0 saturated heterocycles. The quantitative estimate of drug-likeness (QED) is 0.670. The average molecular weight is 192 g/mol. The summed E-state index contributed by atoms with van der Waals surface area (Å²) in [4.78, 5) is 10.4. The highest BCUT2D eigenvalue weighted by Gasteiger charge is 2.07. The summed E-state index contributed by atoms with van der Waals surface area (Å²) >= 11 is 0. The molecule has 0 amide bonds. The van der Waals surface area contributed by atoms with E-state index in [0.29, 0.717) is 12.3 Å². The standard InChI is InChI=1S/C12H16O2/c1-3-10(8-9-13)11-4-6-12(14-2)7-5-11/h4-7,9-10H,3,8H2,1-2H3/t10-/m1/s1. The van der Waals surface area contributed by atoms with Gasteiger partial charge in [-0.05, 0) is 30.0 Å². The van der Waals surface area contributed by atoms with Gasteiger partial charge in [0, 0.05) is 6.42 Å². The van der Waals surface area contributed by atoms with Gasteiger partial charge in [0.15, 0.2) is 0 Å². The number of aldehydes is 1. The third kappa shape index (κ3) is 2.59. The summed E-state index contributed by atoms with van der Waals surface area (Å²) in [7, 11) is 1.65. The van der Waals surface area contributed by atoms with Gasteiger partial charge in [0.05, 0.1) is 7.11 Å². The molecule has 0 spiro atoms. The summed E-state index contributed by atoms with van der Waals surface area (Å²) in [6.45, 7) is 2.10. The average Bonchev–Trinajstić information content (AvgIpc) is 2.26. The summed E-state index contributed by atoms with van der Waals surface area (Å²) in [5, 5.41) is 0. The number of benzene rings is 1. The third-order valence-corrected chi connectivity index (χ3v) is 2.46. The number of hydrogen-bond acceptors (Lipinski definition) is 2. The van der Waals surface area contributed by atoms with Gasteiger partial charge in [0.1, 0.15) is 12.0 Å². The molecule has 2 heteroatoms. The number of rotatable bonds is 5. The van der Waals surface area contributed by atoms with Crippen molar-refractivity contribution >= 4 is 6.29 Å². The van der Waals surface area contributed by atoms with Crippen molar-refractivity contribution in [1.29, 1.82) is 0 Å². The molecule has 1 aromatic rings. The van der Waals surface area contributed by atoms with Crippen molar-refractivity contribution in [2.75, 3.05) is 7.11 Å². The lowest BCUT2D eigenvalue weighted by molar-refractivity contribution is -0.108. The zero-order chi connectivity index (χ0) is 10.4. The molecule has 0 N–H and O–H groups in total. The molecule has 0 aliphatic rings. The lowest BCUT2D eigenvalue weighted by atomic mass is 9.94. The Labute approximate surface area is 84.9 Å². The summed E-state index contributed by atoms with van der Waals surface area (Å²) in [5.41, 5.74) is 1.21. The Kier molecular flexibility index (Phi) is 4.17. The van der Waals surface area contributed by atoms with Crippen LogP contribution in [0.2, 0.25) is 0 Å². The fourth-order valence-corrected chi connectivity index (χ4v) is 1.53. The molecule has 0 fully saturated rings. The van der Waals surface area contributed by atoms with Crippen molar-refractivity contribution in [3.05, 3.63) is 29.8 Å². The van der Waals surface area contributed by atoms with Gasteiger partial charge in [-0.2, -0.15) is 0 Å². The van der Waals surface area contributed by atoms with E-state index in [-0.39, 0.29) is 0 Å². The van der Waals surface area contributed by atoms with Crippen molar-refractivity contribution in [1.82, 2.24) is 0 Å². The molecule has 0 saturated carbocycles. The second-order valence-electron chi connectivity index (χ2n) is 3.28. The molecule has 0 aromatic heterocycles. The molecule has 14 heavy (non-hydrogen) atoms. The van der Waals surface area contributed by atoms with Gasteiger partial charge in [0.2, 0.25) is 0 Å². The monoisotopic (exact) mass is 192 g/mol. The molecule has 0 unspecified atom stereocenters. The normalized spacial score (nSPS) is 12.1. The van der Waals surface area contributed by atoms with Crippen LogP contribution in [0.3, 0.4) is 0 Å². The van der Waals surface area contributed by atoms with Crippen molar-refractivity contribution in [2.45, 2.75) is 25.7 Å². The maximum Gasteiger partial charge on any atom is 0.120 e. The zero-order valence-electron chi connectivity index (χ0n) is 8.69. The van der Waals surface area contributed by atoms with E-state index < -0.39 is 0 Å². The largest absolute Gasteiger partial charge is 0.497 e. The minimum Gasteiger partial charge on any atom is -0.497 e. The van der Waals surface area contributed by atoms with Gasteiger partial charge in [-0.1, -0.05) is 19.1 Å². The highest BCUT2D eigenvalue weighted by molar-refractivity contribution is 5.51. The Bertz CT molecular complexity index is 277. The first-order valence-corrected chi connectivity index (χ1v) is 4.89. The van der Waals surface area contributed by atoms with Crippen molar-refractivity contribution in [2.24, 2.45) is 0 Å². The second kappa shape index (κ2) is 5.43. The Morgan fingerprint density at radius 2 is 2.00 bits per heavy atom. The van der Waals surface area contributed by atoms with Crippen molar-refractivity contribution < 1.29 is 9.53 Å². The molecule has 0 bridgehead atoms. The van der Waals surface area contributed by atoms with Crippen LogP contribution in [0.15, 0.2) is 24.3 Å². The van der Waals surface area contributed by atoms with Crippen LogP contribution in [0.4, 0.5) is 0 Å². The fourth-order valence-electron chi connectivity index (χ4n) is 1.53. The first-order valence-electron chi connectivity index (χ1n) is 4.89. The second-order valence-corrected chi connectivity index (χ2v) is 3.28. The Morgan fingerprint density at radius 1 is 1.36 bits per heavy atom. The maximum atomic E-state index is 10.4. The molecule has 1 atom stereocenters. The number of carbonyl (C=O) groups is 1. The van der Waals surface area contributed by atoms with E-state index in [9.17, 15) is 4.79 Å². The van der Waals surface area contributed by atoms with Crippen LogP contribution in [0.5, 0.6) is 5.75 Å². The first-order chi connectivity index (χ1) is 6.81. The predicted octanol–water partition coefficient (Wildman–Crippen LogP) is 2.78. The van der Waals surface area contributed by atoms with Crippen LogP contribution in [0.1, 0.15) is 31.2 Å². The highest BCUT2D eigenvalue weighted by atomic mass is 16.5. The Morgan fingerprint density at radius 3 is 2.43 bits per heavy atom. The van der Waals surface area contributed by atoms with Crippen LogP contribution < -0.4 is 4.74 Å². The molecule has 1 rings (SSSR count). The number of methoxy groups -OCH3 is 1. The van der Waals surface area contributed by atoms with Gasteiger partial charge >= 0.3 is 0 Å². The van der Waals surface area contributed by atoms with E-state index in [1.54, 1.807) is 7.11 Å². The van der Waals surface area contributed by atoms with Crippen LogP contribution >= 0.6 is 0 Å². The lowest BCUT2D eigenvalue weighted by Gasteiger charge is -2.12. The zero-order valence-corrected chi connectivity index (χ0v) is 8.69. The Hall–Kier alpha value is -1.31. The molecule has 0 heterocycles. The summed E-state index contributed by atoms with van der Waals surface area (Å²) in [6, 6.07) is 7.92. The molecule has 2 nitrogen and oxygen atoms in total. The van der Waals surface area contributed by atoms with Gasteiger partial charge in [-0.3, -0.25) is 0 Å². The number of ether oxygens (including phenoxy) is 1. The van der Waals surface area contributed by atoms with Gasteiger partial charge < -0.3 is 9.53 Å². The van der Waals surface area contributed by atoms with E-state index in [4.69, 9.17) is 4.74 Å². The van der Waals surface area contributed by atoms with Crippen LogP contribution in [-0.4, -0.2) is 13.4 Å². The number of hydrogen-bond donors (Lipinski definition) is 0. The maximum absolute atomic E-state index is 10.4. The van der Waals surface area contributed by atoms with Gasteiger partial charge in [-0.15, -0.1) is 0 Å². The molecule has 76 valence electrons. The first kappa shape index (κ1) is 10.8. The Balaban J connectivity index is 2.77. The van der Waals surface area contributed by atoms with E-state index in [0.717, 1.165) is 18.5 Å². The lowest BCUT2D eigenvalue weighted by Crippen LogP contribution is -1.97. The van der Waals surface area contributed by atoms with Gasteiger partial charge in [-0.25, -0.2) is 0 Å². The summed E-state index contributed by atoms with van der Waals surface area (Å²) < 4.78 is 5.07. The summed E-state index contributed by atoms with van der Waals surface area (Å²) in [6.07, 6.45) is 2.58. The highest BCUT2D eigenvalue weighted by Crippen LogP contribution is 2.24. The SMILES string of the molecule is CC[C@H](CC=O)c1ccc(OC)cc1. The van der Waals surface area contributed by atoms with E-state index >= 15 is 0 Å². The fraction of sp³-hybridized carbons (Fsp3) is 0.417. The summed E-state index contributed by atoms with van der Waals surface area (Å²) in [5.74, 6) is 1.20. The molecule has 0 radical (unpaired) electrons. The van der Waals surface area contributed by atoms with Crippen LogP contribution in [-0.2, 0) is 4.79 Å². The molecular formula is C12H16O2.